The Labute approximate surface area is 257 Å². The van der Waals surface area contributed by atoms with Gasteiger partial charge in [-0.25, -0.2) is 4.57 Å². The van der Waals surface area contributed by atoms with Crippen molar-refractivity contribution in [1.82, 2.24) is 0 Å². The molecule has 0 fully saturated rings. The van der Waals surface area contributed by atoms with Crippen LogP contribution < -0.4 is 0 Å². The fourth-order valence-corrected chi connectivity index (χ4v) is 5.08. The molecule has 0 radical (unpaired) electrons. The summed E-state index contributed by atoms with van der Waals surface area (Å²) in [5.41, 5.74) is 0. The first-order valence-corrected chi connectivity index (χ1v) is 18.5. The highest BCUT2D eigenvalue weighted by atomic mass is 31.2. The molecule has 0 aliphatic carbocycles. The van der Waals surface area contributed by atoms with Gasteiger partial charge < -0.3 is 19.3 Å². The summed E-state index contributed by atoms with van der Waals surface area (Å²) in [7, 11) is -4.74. The quantitative estimate of drug-likeness (QED) is 0.0341. The minimum absolute atomic E-state index is 0.210. The van der Waals surface area contributed by atoms with Crippen molar-refractivity contribution in [1.29, 1.82) is 0 Å². The third-order valence-corrected chi connectivity index (χ3v) is 7.77. The average Bonchev–Trinajstić information content (AvgIpc) is 2.95. The van der Waals surface area contributed by atoms with Crippen molar-refractivity contribution in [3.8, 4) is 0 Å². The second-order valence-electron chi connectivity index (χ2n) is 11.5. The van der Waals surface area contributed by atoms with Crippen LogP contribution >= 0.6 is 7.82 Å². The van der Waals surface area contributed by atoms with E-state index in [9.17, 15) is 14.2 Å². The predicted molar refractivity (Wildman–Crippen MR) is 170 cm³/mol. The van der Waals surface area contributed by atoms with Crippen molar-refractivity contribution in [2.24, 2.45) is 0 Å². The van der Waals surface area contributed by atoms with Gasteiger partial charge in [-0.3, -0.25) is 14.1 Å². The van der Waals surface area contributed by atoms with Crippen LogP contribution in [0.4, 0.5) is 0 Å². The molecule has 0 spiro atoms. The highest BCUT2D eigenvalue weighted by Crippen LogP contribution is 2.35. The number of ether oxygens (including phenoxy) is 2. The molecule has 0 amide bonds. The van der Waals surface area contributed by atoms with Crippen LogP contribution in [0.1, 0.15) is 168 Å². The normalized spacial score (nSPS) is 12.6. The molecule has 248 valence electrons. The second kappa shape index (κ2) is 29.8. The molecule has 0 unspecified atom stereocenters. The zero-order valence-electron chi connectivity index (χ0n) is 26.9. The minimum atomic E-state index is -4.74. The smallest absolute Gasteiger partial charge is 0.462 e. The fourth-order valence-electron chi connectivity index (χ4n) is 4.72. The highest BCUT2D eigenvalue weighted by molar-refractivity contribution is 7.46. The molecular weight excluding hydrogens is 555 g/mol. The summed E-state index contributed by atoms with van der Waals surface area (Å²) in [6.45, 7) is 3.61. The second-order valence-corrected chi connectivity index (χ2v) is 12.7. The predicted octanol–water partition coefficient (Wildman–Crippen LogP) is 9.51. The molecule has 1 atom stereocenters. The lowest BCUT2D eigenvalue weighted by atomic mass is 10.1. The Balaban J connectivity index is 3.94. The Morgan fingerprint density at radius 2 is 1.00 bits per heavy atom. The van der Waals surface area contributed by atoms with E-state index in [2.05, 4.69) is 30.5 Å². The summed E-state index contributed by atoms with van der Waals surface area (Å²) in [5.74, 6) is -0.893. The molecule has 0 aliphatic rings. The van der Waals surface area contributed by atoms with Crippen molar-refractivity contribution < 1.29 is 37.9 Å². The highest BCUT2D eigenvalue weighted by Gasteiger charge is 2.22. The molecular formula is C33H63O8P. The number of hydrogen-bond donors (Lipinski definition) is 2. The first-order chi connectivity index (χ1) is 20.3. The lowest BCUT2D eigenvalue weighted by molar-refractivity contribution is -0.161. The average molecular weight is 619 g/mol. The van der Waals surface area contributed by atoms with Crippen molar-refractivity contribution >= 4 is 19.8 Å². The molecule has 0 aromatic rings. The summed E-state index contributed by atoms with van der Waals surface area (Å²) in [6, 6.07) is 0. The third-order valence-electron chi connectivity index (χ3n) is 7.28. The summed E-state index contributed by atoms with van der Waals surface area (Å²) in [4.78, 5) is 42.3. The Morgan fingerprint density at radius 3 is 1.45 bits per heavy atom. The van der Waals surface area contributed by atoms with Gasteiger partial charge in [0.15, 0.2) is 6.10 Å². The number of carbonyl (C=O) groups excluding carboxylic acids is 2. The Bertz CT molecular complexity index is 706. The number of allylic oxidation sites excluding steroid dienone is 2. The van der Waals surface area contributed by atoms with E-state index in [0.717, 1.165) is 51.4 Å². The van der Waals surface area contributed by atoms with E-state index in [0.29, 0.717) is 6.42 Å². The van der Waals surface area contributed by atoms with Crippen LogP contribution in [0.2, 0.25) is 0 Å². The van der Waals surface area contributed by atoms with Crippen molar-refractivity contribution in [3.63, 3.8) is 0 Å². The van der Waals surface area contributed by atoms with Crippen molar-refractivity contribution in [2.75, 3.05) is 13.2 Å². The standard InChI is InChI=1S/C33H63O8P/c1-3-5-7-9-11-12-13-14-15-16-17-18-19-20-22-24-26-28-33(35)41-31(30-40-42(36,37)38)29-39-32(34)27-25-23-21-10-8-6-4-2/h14-15,31H,3-13,16-30H2,1-2H3,(H2,36,37,38)/b15-14+/t31-/m1/s1. The fraction of sp³-hybridized carbons (Fsp3) is 0.879. The molecule has 0 aromatic heterocycles. The van der Waals surface area contributed by atoms with E-state index in [4.69, 9.17) is 19.3 Å². The van der Waals surface area contributed by atoms with Gasteiger partial charge >= 0.3 is 19.8 Å². The summed E-state index contributed by atoms with van der Waals surface area (Å²) >= 11 is 0. The number of rotatable bonds is 31. The van der Waals surface area contributed by atoms with Gasteiger partial charge in [0.05, 0.1) is 6.61 Å². The number of hydrogen-bond acceptors (Lipinski definition) is 6. The van der Waals surface area contributed by atoms with Crippen LogP contribution in [0.25, 0.3) is 0 Å². The molecule has 0 rings (SSSR count). The summed E-state index contributed by atoms with van der Waals surface area (Å²) in [5, 5.41) is 0. The molecule has 0 saturated heterocycles. The van der Waals surface area contributed by atoms with Crippen molar-refractivity contribution in [3.05, 3.63) is 12.2 Å². The maximum absolute atomic E-state index is 12.3. The number of phosphoric ester groups is 1. The van der Waals surface area contributed by atoms with Gasteiger partial charge in [-0.05, 0) is 38.5 Å². The molecule has 0 aromatic carbocycles. The Hall–Kier alpha value is -1.21. The van der Waals surface area contributed by atoms with Crippen LogP contribution in [0.3, 0.4) is 0 Å². The van der Waals surface area contributed by atoms with Crippen LogP contribution in [-0.4, -0.2) is 41.0 Å². The van der Waals surface area contributed by atoms with Crippen LogP contribution in [0.5, 0.6) is 0 Å². The number of carbonyl (C=O) groups is 2. The number of esters is 2. The molecule has 0 heterocycles. The van der Waals surface area contributed by atoms with Gasteiger partial charge in [-0.2, -0.15) is 0 Å². The van der Waals surface area contributed by atoms with Gasteiger partial charge in [0.2, 0.25) is 0 Å². The van der Waals surface area contributed by atoms with Crippen LogP contribution in [-0.2, 0) is 28.2 Å². The Morgan fingerprint density at radius 1 is 0.595 bits per heavy atom. The molecule has 0 bridgehead atoms. The minimum Gasteiger partial charge on any atom is -0.462 e. The zero-order valence-corrected chi connectivity index (χ0v) is 27.8. The van der Waals surface area contributed by atoms with Gasteiger partial charge in [0, 0.05) is 12.8 Å². The zero-order chi connectivity index (χ0) is 31.2. The molecule has 8 nitrogen and oxygen atoms in total. The third kappa shape index (κ3) is 31.7. The molecule has 0 aliphatic heterocycles. The number of unbranched alkanes of at least 4 members (excludes halogenated alkanes) is 19. The van der Waals surface area contributed by atoms with Crippen molar-refractivity contribution in [2.45, 2.75) is 174 Å². The maximum Gasteiger partial charge on any atom is 0.469 e. The van der Waals surface area contributed by atoms with Crippen LogP contribution in [0.15, 0.2) is 12.2 Å². The summed E-state index contributed by atoms with van der Waals surface area (Å²) in [6.07, 6.45) is 29.5. The lowest BCUT2D eigenvalue weighted by Gasteiger charge is -2.18. The first-order valence-electron chi connectivity index (χ1n) is 17.0. The topological polar surface area (TPSA) is 119 Å². The molecule has 42 heavy (non-hydrogen) atoms. The summed E-state index contributed by atoms with van der Waals surface area (Å²) < 4.78 is 26.1. The van der Waals surface area contributed by atoms with Gasteiger partial charge in [-0.1, -0.05) is 129 Å². The molecule has 0 saturated carbocycles. The van der Waals surface area contributed by atoms with E-state index in [1.165, 1.54) is 83.5 Å². The largest absolute Gasteiger partial charge is 0.469 e. The van der Waals surface area contributed by atoms with E-state index in [1.807, 2.05) is 0 Å². The monoisotopic (exact) mass is 618 g/mol. The SMILES string of the molecule is CCCCCCCC/C=C/CCCCCCCCCC(=O)O[C@H](COC(=O)CCCCCCCCC)COP(=O)(O)O. The van der Waals surface area contributed by atoms with Gasteiger partial charge in [0.25, 0.3) is 0 Å². The van der Waals surface area contributed by atoms with E-state index in [-0.39, 0.29) is 19.4 Å². The molecule has 2 N–H and O–H groups in total. The van der Waals surface area contributed by atoms with E-state index >= 15 is 0 Å². The lowest BCUT2D eigenvalue weighted by Crippen LogP contribution is -2.29. The van der Waals surface area contributed by atoms with E-state index in [1.54, 1.807) is 0 Å². The Kier molecular flexibility index (Phi) is 29.0. The van der Waals surface area contributed by atoms with E-state index < -0.39 is 32.5 Å². The molecule has 9 heteroatoms. The van der Waals surface area contributed by atoms with Crippen LogP contribution in [0, 0.1) is 0 Å². The first kappa shape index (κ1) is 40.8. The van der Waals surface area contributed by atoms with Gasteiger partial charge in [-0.15, -0.1) is 0 Å². The maximum atomic E-state index is 12.3. The number of phosphoric acid groups is 1. The van der Waals surface area contributed by atoms with Gasteiger partial charge in [0.1, 0.15) is 6.61 Å².